The summed E-state index contributed by atoms with van der Waals surface area (Å²) in [5.41, 5.74) is 3.39. The minimum absolute atomic E-state index is 0.0523. The first-order chi connectivity index (χ1) is 18.9. The quantitative estimate of drug-likeness (QED) is 0.252. The maximum absolute atomic E-state index is 14.2. The Hall–Kier alpha value is -4.39. The Morgan fingerprint density at radius 2 is 1.64 bits per heavy atom. The molecule has 7 nitrogen and oxygen atoms in total. The number of hydrogen-bond acceptors (Lipinski definition) is 4. The topological polar surface area (TPSA) is 103 Å². The molecule has 5 rings (SSSR count). The van der Waals surface area contributed by atoms with Gasteiger partial charge in [-0.2, -0.15) is 0 Å². The first-order valence-corrected chi connectivity index (χ1v) is 13.5. The fourth-order valence-electron chi connectivity index (χ4n) is 5.42. The van der Waals surface area contributed by atoms with E-state index in [-0.39, 0.29) is 35.8 Å². The zero-order valence-electron chi connectivity index (χ0n) is 22.0. The molecular formula is C32H33N3O4. The van der Waals surface area contributed by atoms with E-state index in [2.05, 4.69) is 10.3 Å². The molecule has 1 fully saturated rings. The number of H-pyrrole nitrogens is 1. The highest BCUT2D eigenvalue weighted by Crippen LogP contribution is 2.32. The number of benzene rings is 3. The van der Waals surface area contributed by atoms with Gasteiger partial charge in [0.2, 0.25) is 11.8 Å². The van der Waals surface area contributed by atoms with Crippen molar-refractivity contribution in [3.8, 4) is 5.75 Å². The van der Waals surface area contributed by atoms with Crippen LogP contribution in [0, 0.1) is 0 Å². The van der Waals surface area contributed by atoms with Crippen LogP contribution in [0.1, 0.15) is 66.6 Å². The van der Waals surface area contributed by atoms with Crippen molar-refractivity contribution in [2.45, 2.75) is 57.5 Å². The average Bonchev–Trinajstić information content (AvgIpc) is 3.35. The summed E-state index contributed by atoms with van der Waals surface area (Å²) in [6, 6.07) is 20.1. The Bertz CT molecular complexity index is 1470. The normalized spacial score (nSPS) is 14.6. The number of para-hydroxylation sites is 1. The van der Waals surface area contributed by atoms with Crippen LogP contribution in [-0.2, 0) is 16.0 Å². The summed E-state index contributed by atoms with van der Waals surface area (Å²) >= 11 is 0. The van der Waals surface area contributed by atoms with Crippen molar-refractivity contribution in [3.05, 3.63) is 95.7 Å². The first-order valence-electron chi connectivity index (χ1n) is 13.5. The average molecular weight is 524 g/mol. The second-order valence-corrected chi connectivity index (χ2v) is 10.2. The number of Topliss-reactive ketones (excluding diaryl/α,β-unsaturated/α-hetero) is 1. The summed E-state index contributed by atoms with van der Waals surface area (Å²) in [6.45, 7) is 1.49. The van der Waals surface area contributed by atoms with Crippen LogP contribution in [0.15, 0.2) is 79.0 Å². The molecule has 1 saturated carbocycles. The number of aromatic amines is 1. The number of nitrogens with one attached hydrogen (secondary N) is 2. The van der Waals surface area contributed by atoms with E-state index in [4.69, 9.17) is 0 Å². The number of phenols is 1. The van der Waals surface area contributed by atoms with Crippen molar-refractivity contribution in [2.24, 2.45) is 0 Å². The number of amides is 2. The minimum atomic E-state index is -0.964. The van der Waals surface area contributed by atoms with Gasteiger partial charge in [-0.1, -0.05) is 49.6 Å². The number of anilines is 1. The largest absolute Gasteiger partial charge is 0.508 e. The van der Waals surface area contributed by atoms with Crippen molar-refractivity contribution in [1.29, 1.82) is 0 Å². The SMILES string of the molecule is CC(=O)c1ccc(N(C(=O)Cc2c[nH]c3ccccc23)C(C(=O)NC2CCCCC2)c2ccc(O)cc2)cc1. The standard InChI is InChI=1S/C32H33N3O4/c1-21(36)22-11-15-26(16-12-22)35(30(38)19-24-20-33-29-10-6-5-9-28(24)29)31(23-13-17-27(37)18-14-23)32(39)34-25-7-3-2-4-8-25/h5-6,9-18,20,25,31,33,37H,2-4,7-8,19H2,1H3,(H,34,39). The third-order valence-electron chi connectivity index (χ3n) is 7.50. The fourth-order valence-corrected chi connectivity index (χ4v) is 5.42. The van der Waals surface area contributed by atoms with E-state index >= 15 is 0 Å². The lowest BCUT2D eigenvalue weighted by atomic mass is 9.94. The molecular weight excluding hydrogens is 490 g/mol. The maximum Gasteiger partial charge on any atom is 0.248 e. The van der Waals surface area contributed by atoms with Crippen LogP contribution in [-0.4, -0.2) is 33.7 Å². The van der Waals surface area contributed by atoms with Crippen LogP contribution in [0.3, 0.4) is 0 Å². The van der Waals surface area contributed by atoms with E-state index in [1.165, 1.54) is 24.0 Å². The van der Waals surface area contributed by atoms with Gasteiger partial charge in [0, 0.05) is 34.4 Å². The second-order valence-electron chi connectivity index (χ2n) is 10.2. The monoisotopic (exact) mass is 523 g/mol. The molecule has 4 aromatic rings. The van der Waals surface area contributed by atoms with E-state index in [1.54, 1.807) is 36.4 Å². The molecule has 1 unspecified atom stereocenters. The van der Waals surface area contributed by atoms with Gasteiger partial charge >= 0.3 is 0 Å². The van der Waals surface area contributed by atoms with Crippen LogP contribution in [0.2, 0.25) is 0 Å². The lowest BCUT2D eigenvalue weighted by molar-refractivity contribution is -0.127. The minimum Gasteiger partial charge on any atom is -0.508 e. The second kappa shape index (κ2) is 11.6. The molecule has 1 heterocycles. The number of rotatable bonds is 8. The number of aromatic nitrogens is 1. The summed E-state index contributed by atoms with van der Waals surface area (Å²) in [6.07, 6.45) is 7.00. The van der Waals surface area contributed by atoms with Gasteiger partial charge in [0.1, 0.15) is 11.8 Å². The van der Waals surface area contributed by atoms with Crippen molar-refractivity contribution < 1.29 is 19.5 Å². The van der Waals surface area contributed by atoms with E-state index in [9.17, 15) is 19.5 Å². The van der Waals surface area contributed by atoms with E-state index in [1.807, 2.05) is 30.5 Å². The van der Waals surface area contributed by atoms with Crippen molar-refractivity contribution in [3.63, 3.8) is 0 Å². The van der Waals surface area contributed by atoms with Gasteiger partial charge in [-0.05, 0) is 73.4 Å². The molecule has 1 aromatic heterocycles. The third-order valence-corrected chi connectivity index (χ3v) is 7.50. The van der Waals surface area contributed by atoms with Gasteiger partial charge in [0.25, 0.3) is 0 Å². The zero-order valence-corrected chi connectivity index (χ0v) is 22.0. The molecule has 3 aromatic carbocycles. The number of carbonyl (C=O) groups excluding carboxylic acids is 3. The lowest BCUT2D eigenvalue weighted by Crippen LogP contribution is -2.47. The molecule has 200 valence electrons. The molecule has 1 aliphatic carbocycles. The van der Waals surface area contributed by atoms with Gasteiger partial charge in [-0.3, -0.25) is 19.3 Å². The van der Waals surface area contributed by atoms with E-state index in [0.717, 1.165) is 48.6 Å². The van der Waals surface area contributed by atoms with Crippen LogP contribution >= 0.6 is 0 Å². The summed E-state index contributed by atoms with van der Waals surface area (Å²) in [5, 5.41) is 14.1. The van der Waals surface area contributed by atoms with Gasteiger partial charge in [0.15, 0.2) is 5.78 Å². The Morgan fingerprint density at radius 3 is 2.33 bits per heavy atom. The lowest BCUT2D eigenvalue weighted by Gasteiger charge is -2.33. The van der Waals surface area contributed by atoms with Crippen molar-refractivity contribution in [2.75, 3.05) is 4.90 Å². The summed E-state index contributed by atoms with van der Waals surface area (Å²) in [4.78, 5) is 44.8. The summed E-state index contributed by atoms with van der Waals surface area (Å²) in [7, 11) is 0. The van der Waals surface area contributed by atoms with Crippen molar-refractivity contribution in [1.82, 2.24) is 10.3 Å². The molecule has 39 heavy (non-hydrogen) atoms. The van der Waals surface area contributed by atoms with Gasteiger partial charge < -0.3 is 15.4 Å². The number of nitrogens with zero attached hydrogens (tertiary/aromatic N) is 1. The molecule has 1 atom stereocenters. The molecule has 0 spiro atoms. The fraction of sp³-hybridized carbons (Fsp3) is 0.281. The molecule has 1 aliphatic rings. The van der Waals surface area contributed by atoms with Gasteiger partial charge in [0.05, 0.1) is 6.42 Å². The van der Waals surface area contributed by atoms with Crippen LogP contribution in [0.25, 0.3) is 10.9 Å². The number of aromatic hydroxyl groups is 1. The van der Waals surface area contributed by atoms with Crippen molar-refractivity contribution >= 4 is 34.2 Å². The Labute approximate surface area is 227 Å². The predicted octanol–water partition coefficient (Wildman–Crippen LogP) is 5.84. The van der Waals surface area contributed by atoms with E-state index < -0.39 is 6.04 Å². The molecule has 0 radical (unpaired) electrons. The molecule has 0 bridgehead atoms. The zero-order chi connectivity index (χ0) is 27.4. The number of phenolic OH excluding ortho intramolecular Hbond substituents is 1. The van der Waals surface area contributed by atoms with Crippen LogP contribution < -0.4 is 10.2 Å². The first kappa shape index (κ1) is 26.2. The number of ketones is 1. The highest BCUT2D eigenvalue weighted by atomic mass is 16.3. The number of fused-ring (bicyclic) bond motifs is 1. The number of carbonyl (C=O) groups is 3. The van der Waals surface area contributed by atoms with Gasteiger partial charge in [-0.15, -0.1) is 0 Å². The van der Waals surface area contributed by atoms with Crippen LogP contribution in [0.4, 0.5) is 5.69 Å². The molecule has 0 aliphatic heterocycles. The molecule has 2 amide bonds. The third kappa shape index (κ3) is 5.87. The Morgan fingerprint density at radius 1 is 0.949 bits per heavy atom. The van der Waals surface area contributed by atoms with Gasteiger partial charge in [-0.25, -0.2) is 0 Å². The molecule has 7 heteroatoms. The maximum atomic E-state index is 14.2. The highest BCUT2D eigenvalue weighted by Gasteiger charge is 2.34. The highest BCUT2D eigenvalue weighted by molar-refractivity contribution is 6.04. The summed E-state index contributed by atoms with van der Waals surface area (Å²) < 4.78 is 0. The number of hydrogen-bond donors (Lipinski definition) is 3. The Kier molecular flexibility index (Phi) is 7.77. The van der Waals surface area contributed by atoms with E-state index in [0.29, 0.717) is 16.8 Å². The molecule has 0 saturated heterocycles. The Balaban J connectivity index is 1.57. The summed E-state index contributed by atoms with van der Waals surface area (Å²) in [5.74, 6) is -0.529. The predicted molar refractivity (Wildman–Crippen MR) is 152 cm³/mol. The molecule has 3 N–H and O–H groups in total. The smallest absolute Gasteiger partial charge is 0.248 e. The van der Waals surface area contributed by atoms with Crippen LogP contribution in [0.5, 0.6) is 5.75 Å².